The van der Waals surface area contributed by atoms with E-state index in [-0.39, 0.29) is 16.2 Å². The van der Waals surface area contributed by atoms with Crippen molar-refractivity contribution in [3.05, 3.63) is 62.2 Å². The van der Waals surface area contributed by atoms with Crippen LogP contribution in [0.25, 0.3) is 16.7 Å². The number of rotatable bonds is 2. The fraction of sp³-hybridized carbons (Fsp3) is 0.188. The summed E-state index contributed by atoms with van der Waals surface area (Å²) in [5.74, 6) is 0. The minimum absolute atomic E-state index is 0.0474. The van der Waals surface area contributed by atoms with E-state index in [2.05, 4.69) is 9.97 Å². The standard InChI is InChI=1S/C16H10Cl2F3N3O/c1-2-10-12(4-3-5-22-10)24-13-6-8(16(19,20)21)9(17)7-11(13)23-14(18)15(24)25/h3-7H,2H2,1H3. The van der Waals surface area contributed by atoms with Crippen LogP contribution in [0.3, 0.4) is 0 Å². The molecule has 2 heterocycles. The molecular weight excluding hydrogens is 378 g/mol. The number of alkyl halides is 3. The van der Waals surface area contributed by atoms with Crippen LogP contribution in [-0.2, 0) is 12.6 Å². The van der Waals surface area contributed by atoms with Gasteiger partial charge in [-0.05, 0) is 30.7 Å². The van der Waals surface area contributed by atoms with Crippen LogP contribution >= 0.6 is 23.2 Å². The molecule has 3 aromatic rings. The van der Waals surface area contributed by atoms with E-state index < -0.39 is 22.3 Å². The molecule has 0 fully saturated rings. The van der Waals surface area contributed by atoms with Crippen molar-refractivity contribution < 1.29 is 13.2 Å². The lowest BCUT2D eigenvalue weighted by molar-refractivity contribution is -0.137. The molecule has 0 amide bonds. The SMILES string of the molecule is CCc1ncccc1-n1c(=O)c(Cl)nc2cc(Cl)c(C(F)(F)F)cc21. The Morgan fingerprint density at radius 1 is 1.24 bits per heavy atom. The summed E-state index contributed by atoms with van der Waals surface area (Å²) in [6.07, 6.45) is -2.66. The van der Waals surface area contributed by atoms with Crippen molar-refractivity contribution in [3.8, 4) is 5.69 Å². The van der Waals surface area contributed by atoms with Gasteiger partial charge in [-0.15, -0.1) is 0 Å². The summed E-state index contributed by atoms with van der Waals surface area (Å²) in [7, 11) is 0. The Morgan fingerprint density at radius 2 is 1.96 bits per heavy atom. The Morgan fingerprint density at radius 3 is 2.60 bits per heavy atom. The van der Waals surface area contributed by atoms with Crippen molar-refractivity contribution in [2.75, 3.05) is 0 Å². The van der Waals surface area contributed by atoms with Gasteiger partial charge in [-0.25, -0.2) is 4.98 Å². The molecule has 3 rings (SSSR count). The molecule has 0 N–H and O–H groups in total. The number of hydrogen-bond donors (Lipinski definition) is 0. The molecule has 0 saturated carbocycles. The van der Waals surface area contributed by atoms with Gasteiger partial charge in [-0.3, -0.25) is 14.3 Å². The zero-order chi connectivity index (χ0) is 18.4. The smallest absolute Gasteiger partial charge is 0.271 e. The summed E-state index contributed by atoms with van der Waals surface area (Å²) in [6, 6.07) is 5.02. The predicted octanol–water partition coefficient (Wildman–Crippen LogP) is 4.67. The van der Waals surface area contributed by atoms with Gasteiger partial charge < -0.3 is 0 Å². The Kier molecular flexibility index (Phi) is 4.47. The highest BCUT2D eigenvalue weighted by Crippen LogP contribution is 2.37. The number of pyridine rings is 1. The molecule has 4 nitrogen and oxygen atoms in total. The van der Waals surface area contributed by atoms with Crippen LogP contribution in [0.4, 0.5) is 13.2 Å². The van der Waals surface area contributed by atoms with Crippen LogP contribution in [0.15, 0.2) is 35.3 Å². The monoisotopic (exact) mass is 387 g/mol. The van der Waals surface area contributed by atoms with Crippen LogP contribution in [-0.4, -0.2) is 14.5 Å². The first-order valence-corrected chi connectivity index (χ1v) is 7.93. The molecule has 0 spiro atoms. The normalized spacial score (nSPS) is 11.9. The third-order valence-corrected chi connectivity index (χ3v) is 4.21. The topological polar surface area (TPSA) is 47.8 Å². The summed E-state index contributed by atoms with van der Waals surface area (Å²) in [6.45, 7) is 1.82. The molecular formula is C16H10Cl2F3N3O. The van der Waals surface area contributed by atoms with Gasteiger partial charge in [0.1, 0.15) is 0 Å². The lowest BCUT2D eigenvalue weighted by atomic mass is 10.1. The molecule has 0 aliphatic heterocycles. The van der Waals surface area contributed by atoms with E-state index in [9.17, 15) is 18.0 Å². The lowest BCUT2D eigenvalue weighted by Crippen LogP contribution is -2.22. The molecule has 0 unspecified atom stereocenters. The Hall–Kier alpha value is -2.12. The molecule has 9 heteroatoms. The maximum absolute atomic E-state index is 13.2. The van der Waals surface area contributed by atoms with E-state index in [0.29, 0.717) is 17.8 Å². The quantitative estimate of drug-likeness (QED) is 0.641. The third kappa shape index (κ3) is 3.09. The summed E-state index contributed by atoms with van der Waals surface area (Å²) in [5.41, 5.74) is -0.869. The number of hydrogen-bond acceptors (Lipinski definition) is 3. The summed E-state index contributed by atoms with van der Waals surface area (Å²) in [4.78, 5) is 20.6. The molecule has 1 aromatic carbocycles. The number of halogens is 5. The number of aromatic nitrogens is 3. The van der Waals surface area contributed by atoms with Gasteiger partial charge in [0.15, 0.2) is 5.15 Å². The molecule has 0 aliphatic rings. The highest BCUT2D eigenvalue weighted by Gasteiger charge is 2.34. The fourth-order valence-corrected chi connectivity index (χ4v) is 2.98. The fourth-order valence-electron chi connectivity index (χ4n) is 2.54. The first-order valence-electron chi connectivity index (χ1n) is 7.17. The largest absolute Gasteiger partial charge is 0.417 e. The predicted molar refractivity (Wildman–Crippen MR) is 89.5 cm³/mol. The average Bonchev–Trinajstić information content (AvgIpc) is 2.55. The molecule has 0 bridgehead atoms. The van der Waals surface area contributed by atoms with E-state index in [1.54, 1.807) is 12.1 Å². The molecule has 2 aromatic heterocycles. The summed E-state index contributed by atoms with van der Waals surface area (Å²) in [5, 5.41) is -0.884. The van der Waals surface area contributed by atoms with Gasteiger partial charge in [0.25, 0.3) is 5.56 Å². The summed E-state index contributed by atoms with van der Waals surface area (Å²) >= 11 is 11.6. The van der Waals surface area contributed by atoms with Crippen molar-refractivity contribution in [1.29, 1.82) is 0 Å². The third-order valence-electron chi connectivity index (χ3n) is 3.65. The van der Waals surface area contributed by atoms with Gasteiger partial charge in [0.05, 0.1) is 33.0 Å². The zero-order valence-corrected chi connectivity index (χ0v) is 14.2. The minimum atomic E-state index is -4.67. The van der Waals surface area contributed by atoms with E-state index in [1.165, 1.54) is 6.20 Å². The van der Waals surface area contributed by atoms with Crippen molar-refractivity contribution in [2.24, 2.45) is 0 Å². The highest BCUT2D eigenvalue weighted by atomic mass is 35.5. The minimum Gasteiger partial charge on any atom is -0.271 e. The van der Waals surface area contributed by atoms with E-state index in [1.807, 2.05) is 6.92 Å². The van der Waals surface area contributed by atoms with E-state index in [0.717, 1.165) is 16.7 Å². The van der Waals surface area contributed by atoms with E-state index in [4.69, 9.17) is 23.2 Å². The molecule has 0 saturated heterocycles. The Labute approximate surface area is 149 Å². The van der Waals surface area contributed by atoms with Gasteiger partial charge in [0.2, 0.25) is 0 Å². The van der Waals surface area contributed by atoms with Crippen molar-refractivity contribution in [1.82, 2.24) is 14.5 Å². The summed E-state index contributed by atoms with van der Waals surface area (Å²) < 4.78 is 40.7. The molecule has 0 radical (unpaired) electrons. The maximum Gasteiger partial charge on any atom is 0.417 e. The van der Waals surface area contributed by atoms with Gasteiger partial charge in [0, 0.05) is 6.20 Å². The van der Waals surface area contributed by atoms with Crippen LogP contribution in [0, 0.1) is 0 Å². The van der Waals surface area contributed by atoms with Gasteiger partial charge in [-0.1, -0.05) is 30.1 Å². The van der Waals surface area contributed by atoms with E-state index >= 15 is 0 Å². The van der Waals surface area contributed by atoms with Crippen molar-refractivity contribution >= 4 is 34.2 Å². The van der Waals surface area contributed by atoms with Crippen LogP contribution in [0.2, 0.25) is 10.2 Å². The Balaban J connectivity index is 2.49. The molecule has 0 atom stereocenters. The maximum atomic E-state index is 13.2. The number of benzene rings is 1. The second-order valence-corrected chi connectivity index (χ2v) is 5.95. The lowest BCUT2D eigenvalue weighted by Gasteiger charge is -2.16. The van der Waals surface area contributed by atoms with Gasteiger partial charge >= 0.3 is 6.18 Å². The highest BCUT2D eigenvalue weighted by molar-refractivity contribution is 6.32. The zero-order valence-electron chi connectivity index (χ0n) is 12.7. The Bertz CT molecular complexity index is 1030. The second kappa shape index (κ2) is 6.31. The second-order valence-electron chi connectivity index (χ2n) is 5.18. The number of aryl methyl sites for hydroxylation is 1. The number of fused-ring (bicyclic) bond motifs is 1. The van der Waals surface area contributed by atoms with Crippen LogP contribution in [0.5, 0.6) is 0 Å². The first-order chi connectivity index (χ1) is 11.7. The van der Waals surface area contributed by atoms with Crippen LogP contribution in [0.1, 0.15) is 18.2 Å². The molecule has 0 aliphatic carbocycles. The first kappa shape index (κ1) is 17.7. The van der Waals surface area contributed by atoms with Crippen LogP contribution < -0.4 is 5.56 Å². The van der Waals surface area contributed by atoms with Gasteiger partial charge in [-0.2, -0.15) is 13.2 Å². The number of nitrogens with zero attached hydrogens (tertiary/aromatic N) is 3. The van der Waals surface area contributed by atoms with Crippen molar-refractivity contribution in [2.45, 2.75) is 19.5 Å². The molecule has 25 heavy (non-hydrogen) atoms. The average molecular weight is 388 g/mol. The van der Waals surface area contributed by atoms with Crippen molar-refractivity contribution in [3.63, 3.8) is 0 Å². The molecule has 130 valence electrons.